The highest BCUT2D eigenvalue weighted by molar-refractivity contribution is 5.82. The second kappa shape index (κ2) is 11.5. The Morgan fingerprint density at radius 1 is 0.846 bits per heavy atom. The van der Waals surface area contributed by atoms with Gasteiger partial charge >= 0.3 is 0 Å². The molecule has 0 spiro atoms. The molecule has 0 radical (unpaired) electrons. The van der Waals surface area contributed by atoms with Crippen molar-refractivity contribution in [1.29, 1.82) is 0 Å². The van der Waals surface area contributed by atoms with E-state index in [2.05, 4.69) is 62.2 Å². The van der Waals surface area contributed by atoms with Gasteiger partial charge in [-0.25, -0.2) is 0 Å². The third-order valence-electron chi connectivity index (χ3n) is 4.86. The molecule has 0 unspecified atom stereocenters. The minimum Gasteiger partial charge on any atom is -0.494 e. The summed E-state index contributed by atoms with van der Waals surface area (Å²) in [6, 6.07) is 16.8. The molecule has 0 amide bonds. The monoisotopic (exact) mass is 351 g/mol. The Morgan fingerprint density at radius 3 is 2.15 bits per heavy atom. The standard InChI is InChI=1S/C24H33NO/c1-4-7-8-9-18-26-24-16-10-20(11-17-24)19-25-23-14-12-22(13-15-23)21(5-2)6-3/h10-17,19,21H,4-9,18H2,1-3H3. The number of rotatable bonds is 11. The first-order valence-corrected chi connectivity index (χ1v) is 10.1. The Balaban J connectivity index is 1.86. The average molecular weight is 352 g/mol. The Bertz CT molecular complexity index is 639. The Hall–Kier alpha value is -2.09. The molecular formula is C24H33NO. The second-order valence-corrected chi connectivity index (χ2v) is 6.84. The van der Waals surface area contributed by atoms with Crippen LogP contribution in [0.15, 0.2) is 53.5 Å². The lowest BCUT2D eigenvalue weighted by atomic mass is 9.94. The molecule has 0 saturated heterocycles. The van der Waals surface area contributed by atoms with Gasteiger partial charge in [-0.3, -0.25) is 4.99 Å². The Morgan fingerprint density at radius 2 is 1.54 bits per heavy atom. The van der Waals surface area contributed by atoms with E-state index in [1.54, 1.807) is 0 Å². The van der Waals surface area contributed by atoms with Gasteiger partial charge in [0.1, 0.15) is 5.75 Å². The number of benzene rings is 2. The number of nitrogens with zero attached hydrogens (tertiary/aromatic N) is 1. The van der Waals surface area contributed by atoms with Gasteiger partial charge in [0.15, 0.2) is 0 Å². The quantitative estimate of drug-likeness (QED) is 0.307. The van der Waals surface area contributed by atoms with Gasteiger partial charge in [0, 0.05) is 6.21 Å². The van der Waals surface area contributed by atoms with Gasteiger partial charge in [0.05, 0.1) is 12.3 Å². The summed E-state index contributed by atoms with van der Waals surface area (Å²) in [6.07, 6.45) is 9.21. The lowest BCUT2D eigenvalue weighted by molar-refractivity contribution is 0.305. The molecule has 0 heterocycles. The van der Waals surface area contributed by atoms with Gasteiger partial charge < -0.3 is 4.74 Å². The van der Waals surface area contributed by atoms with Crippen molar-refractivity contribution in [1.82, 2.24) is 0 Å². The molecule has 2 heteroatoms. The summed E-state index contributed by atoms with van der Waals surface area (Å²) in [5, 5.41) is 0. The van der Waals surface area contributed by atoms with Crippen molar-refractivity contribution >= 4 is 11.9 Å². The van der Waals surface area contributed by atoms with Gasteiger partial charge in [-0.2, -0.15) is 0 Å². The lowest BCUT2D eigenvalue weighted by Gasteiger charge is -2.12. The number of aliphatic imine (C=N–C) groups is 1. The zero-order valence-electron chi connectivity index (χ0n) is 16.6. The van der Waals surface area contributed by atoms with Gasteiger partial charge in [-0.1, -0.05) is 52.2 Å². The molecule has 0 N–H and O–H groups in total. The fourth-order valence-electron chi connectivity index (χ4n) is 3.11. The largest absolute Gasteiger partial charge is 0.494 e. The maximum atomic E-state index is 5.78. The summed E-state index contributed by atoms with van der Waals surface area (Å²) in [4.78, 5) is 4.59. The number of hydrogen-bond acceptors (Lipinski definition) is 2. The molecular weight excluding hydrogens is 318 g/mol. The third kappa shape index (κ3) is 6.67. The van der Waals surface area contributed by atoms with Crippen LogP contribution in [-0.4, -0.2) is 12.8 Å². The predicted octanol–water partition coefficient (Wildman–Crippen LogP) is 7.30. The van der Waals surface area contributed by atoms with Crippen molar-refractivity contribution in [2.24, 2.45) is 4.99 Å². The zero-order valence-corrected chi connectivity index (χ0v) is 16.6. The van der Waals surface area contributed by atoms with E-state index in [4.69, 9.17) is 4.74 Å². The fraction of sp³-hybridized carbons (Fsp3) is 0.458. The molecule has 140 valence electrons. The van der Waals surface area contributed by atoms with Crippen LogP contribution >= 0.6 is 0 Å². The van der Waals surface area contributed by atoms with Crippen LogP contribution in [-0.2, 0) is 0 Å². The van der Waals surface area contributed by atoms with Gasteiger partial charge in [0.2, 0.25) is 0 Å². The molecule has 0 aliphatic heterocycles. The molecule has 2 aromatic rings. The van der Waals surface area contributed by atoms with Gasteiger partial charge in [-0.15, -0.1) is 0 Å². The van der Waals surface area contributed by atoms with Crippen molar-refractivity contribution in [2.75, 3.05) is 6.61 Å². The maximum absolute atomic E-state index is 5.78. The highest BCUT2D eigenvalue weighted by Gasteiger charge is 2.05. The number of hydrogen-bond donors (Lipinski definition) is 0. The smallest absolute Gasteiger partial charge is 0.119 e. The van der Waals surface area contributed by atoms with E-state index in [9.17, 15) is 0 Å². The minimum atomic E-state index is 0.655. The van der Waals surface area contributed by atoms with Crippen LogP contribution in [0.25, 0.3) is 0 Å². The average Bonchev–Trinajstić information content (AvgIpc) is 2.69. The SMILES string of the molecule is CCCCCCOc1ccc(C=Nc2ccc(C(CC)CC)cc2)cc1. The molecule has 2 rings (SSSR count). The Labute approximate surface area is 159 Å². The van der Waals surface area contributed by atoms with E-state index in [1.165, 1.54) is 37.7 Å². The summed E-state index contributed by atoms with van der Waals surface area (Å²) in [5.41, 5.74) is 3.50. The summed E-state index contributed by atoms with van der Waals surface area (Å²) in [6.45, 7) is 7.52. The minimum absolute atomic E-state index is 0.655. The molecule has 0 saturated carbocycles. The molecule has 0 aliphatic rings. The first-order chi connectivity index (χ1) is 12.8. The Kier molecular flexibility index (Phi) is 8.95. The maximum Gasteiger partial charge on any atom is 0.119 e. The van der Waals surface area contributed by atoms with E-state index in [-0.39, 0.29) is 0 Å². The number of unbranched alkanes of at least 4 members (excludes halogenated alkanes) is 3. The molecule has 0 aromatic heterocycles. The van der Waals surface area contributed by atoms with Crippen LogP contribution < -0.4 is 4.74 Å². The molecule has 0 atom stereocenters. The van der Waals surface area contributed by atoms with Crippen molar-refractivity contribution in [3.8, 4) is 5.75 Å². The highest BCUT2D eigenvalue weighted by atomic mass is 16.5. The van der Waals surface area contributed by atoms with E-state index >= 15 is 0 Å². The molecule has 2 nitrogen and oxygen atoms in total. The summed E-state index contributed by atoms with van der Waals surface area (Å²) >= 11 is 0. The third-order valence-corrected chi connectivity index (χ3v) is 4.86. The second-order valence-electron chi connectivity index (χ2n) is 6.84. The molecule has 2 aromatic carbocycles. The highest BCUT2D eigenvalue weighted by Crippen LogP contribution is 2.25. The van der Waals surface area contributed by atoms with Gasteiger partial charge in [0.25, 0.3) is 0 Å². The summed E-state index contributed by atoms with van der Waals surface area (Å²) in [5.74, 6) is 1.59. The molecule has 0 aliphatic carbocycles. The van der Waals surface area contributed by atoms with Crippen molar-refractivity contribution in [3.63, 3.8) is 0 Å². The number of ether oxygens (including phenoxy) is 1. The van der Waals surface area contributed by atoms with Crippen molar-refractivity contribution in [3.05, 3.63) is 59.7 Å². The van der Waals surface area contributed by atoms with E-state index in [1.807, 2.05) is 18.3 Å². The first kappa shape index (κ1) is 20.2. The van der Waals surface area contributed by atoms with Crippen LogP contribution in [0.5, 0.6) is 5.75 Å². The van der Waals surface area contributed by atoms with E-state index in [0.717, 1.165) is 30.0 Å². The van der Waals surface area contributed by atoms with E-state index in [0.29, 0.717) is 5.92 Å². The lowest BCUT2D eigenvalue weighted by Crippen LogP contribution is -1.97. The predicted molar refractivity (Wildman–Crippen MR) is 113 cm³/mol. The molecule has 26 heavy (non-hydrogen) atoms. The normalized spacial score (nSPS) is 11.4. The van der Waals surface area contributed by atoms with Crippen LogP contribution in [0.2, 0.25) is 0 Å². The molecule has 0 bridgehead atoms. The molecule has 0 fully saturated rings. The fourth-order valence-corrected chi connectivity index (χ4v) is 3.11. The van der Waals surface area contributed by atoms with Crippen LogP contribution in [0, 0.1) is 0 Å². The van der Waals surface area contributed by atoms with Gasteiger partial charge in [-0.05, 0) is 72.7 Å². The van der Waals surface area contributed by atoms with Crippen molar-refractivity contribution in [2.45, 2.75) is 65.2 Å². The topological polar surface area (TPSA) is 21.6 Å². The first-order valence-electron chi connectivity index (χ1n) is 10.1. The van der Waals surface area contributed by atoms with Crippen LogP contribution in [0.4, 0.5) is 5.69 Å². The van der Waals surface area contributed by atoms with Crippen LogP contribution in [0.1, 0.15) is 76.3 Å². The van der Waals surface area contributed by atoms with E-state index < -0.39 is 0 Å². The summed E-state index contributed by atoms with van der Waals surface area (Å²) < 4.78 is 5.78. The van der Waals surface area contributed by atoms with Crippen LogP contribution in [0.3, 0.4) is 0 Å². The zero-order chi connectivity index (χ0) is 18.6. The van der Waals surface area contributed by atoms with Crippen molar-refractivity contribution < 1.29 is 4.74 Å². The summed E-state index contributed by atoms with van der Waals surface area (Å²) in [7, 11) is 0.